The molecule has 0 aliphatic carbocycles. The van der Waals surface area contributed by atoms with E-state index in [9.17, 15) is 0 Å². The van der Waals surface area contributed by atoms with E-state index >= 15 is 0 Å². The topological polar surface area (TPSA) is 49.8 Å². The summed E-state index contributed by atoms with van der Waals surface area (Å²) in [6.07, 6.45) is 0. The minimum absolute atomic E-state index is 0.725. The lowest BCUT2D eigenvalue weighted by molar-refractivity contribution is 1.03. The van der Waals surface area contributed by atoms with Gasteiger partial charge in [0, 0.05) is 22.8 Å². The Morgan fingerprint density at radius 1 is 0.913 bits per heavy atom. The van der Waals surface area contributed by atoms with Crippen molar-refractivity contribution in [2.45, 2.75) is 13.5 Å². The third-order valence-corrected chi connectivity index (χ3v) is 3.80. The minimum Gasteiger partial charge on any atom is -0.366 e. The maximum Gasteiger partial charge on any atom is 0.136 e. The molecule has 3 rings (SSSR count). The van der Waals surface area contributed by atoms with E-state index in [0.717, 1.165) is 34.2 Å². The minimum atomic E-state index is 0.725. The van der Waals surface area contributed by atoms with Crippen LogP contribution in [0, 0.1) is 6.92 Å². The molecule has 0 aliphatic rings. The molecule has 0 saturated carbocycles. The molecule has 23 heavy (non-hydrogen) atoms. The molecule has 1 aromatic heterocycles. The lowest BCUT2D eigenvalue weighted by Crippen LogP contribution is -2.05. The third-order valence-electron chi connectivity index (χ3n) is 3.27. The first-order valence-corrected chi connectivity index (χ1v) is 8.14. The molecule has 1 heterocycles. The molecule has 4 nitrogen and oxygen atoms in total. The van der Waals surface area contributed by atoms with Crippen molar-refractivity contribution in [2.24, 2.45) is 0 Å². The van der Waals surface area contributed by atoms with E-state index in [2.05, 4.69) is 48.7 Å². The normalized spacial score (nSPS) is 10.3. The average molecular weight is 369 g/mol. The Balaban J connectivity index is 1.72. The van der Waals surface area contributed by atoms with Gasteiger partial charge < -0.3 is 10.6 Å². The van der Waals surface area contributed by atoms with Gasteiger partial charge in [-0.15, -0.1) is 0 Å². The van der Waals surface area contributed by atoms with E-state index in [1.807, 2.05) is 55.5 Å². The Morgan fingerprint density at radius 2 is 1.61 bits per heavy atom. The van der Waals surface area contributed by atoms with Crippen molar-refractivity contribution in [1.29, 1.82) is 0 Å². The second kappa shape index (κ2) is 7.24. The number of anilines is 3. The number of rotatable bonds is 5. The largest absolute Gasteiger partial charge is 0.366 e. The van der Waals surface area contributed by atoms with Crippen molar-refractivity contribution in [3.8, 4) is 0 Å². The highest BCUT2D eigenvalue weighted by atomic mass is 79.9. The van der Waals surface area contributed by atoms with Crippen LogP contribution in [0.25, 0.3) is 0 Å². The summed E-state index contributed by atoms with van der Waals surface area (Å²) in [6, 6.07) is 20.1. The van der Waals surface area contributed by atoms with Crippen LogP contribution in [0.5, 0.6) is 0 Å². The highest BCUT2D eigenvalue weighted by Gasteiger charge is 2.03. The van der Waals surface area contributed by atoms with Crippen LogP contribution in [-0.2, 0) is 6.54 Å². The Hall–Kier alpha value is -2.40. The molecule has 2 N–H and O–H groups in total. The number of aryl methyl sites for hydroxylation is 1. The van der Waals surface area contributed by atoms with E-state index in [1.165, 1.54) is 5.56 Å². The Morgan fingerprint density at radius 3 is 2.35 bits per heavy atom. The van der Waals surface area contributed by atoms with Crippen LogP contribution in [-0.4, -0.2) is 9.97 Å². The van der Waals surface area contributed by atoms with Crippen molar-refractivity contribution in [3.63, 3.8) is 0 Å². The van der Waals surface area contributed by atoms with Crippen LogP contribution in [0.2, 0.25) is 0 Å². The molecule has 0 unspecified atom stereocenters. The monoisotopic (exact) mass is 368 g/mol. The van der Waals surface area contributed by atoms with E-state index in [1.54, 1.807) is 0 Å². The van der Waals surface area contributed by atoms with E-state index < -0.39 is 0 Å². The molecule has 2 aromatic carbocycles. The molecule has 0 radical (unpaired) electrons. The van der Waals surface area contributed by atoms with Gasteiger partial charge in [0.2, 0.25) is 0 Å². The quantitative estimate of drug-likeness (QED) is 0.672. The van der Waals surface area contributed by atoms with Gasteiger partial charge in [0.05, 0.1) is 0 Å². The van der Waals surface area contributed by atoms with Gasteiger partial charge in [0.25, 0.3) is 0 Å². The van der Waals surface area contributed by atoms with Gasteiger partial charge in [-0.2, -0.15) is 0 Å². The molecule has 0 fully saturated rings. The maximum atomic E-state index is 4.43. The van der Waals surface area contributed by atoms with Crippen molar-refractivity contribution in [3.05, 3.63) is 76.5 Å². The number of aromatic nitrogens is 2. The molecule has 0 aliphatic heterocycles. The summed E-state index contributed by atoms with van der Waals surface area (Å²) in [7, 11) is 0. The fraction of sp³-hybridized carbons (Fsp3) is 0.111. The zero-order chi connectivity index (χ0) is 16.1. The predicted octanol–water partition coefficient (Wildman–Crippen LogP) is 4.90. The van der Waals surface area contributed by atoms with Gasteiger partial charge in [-0.25, -0.2) is 9.97 Å². The van der Waals surface area contributed by atoms with Gasteiger partial charge >= 0.3 is 0 Å². The van der Waals surface area contributed by atoms with Crippen LogP contribution >= 0.6 is 15.9 Å². The van der Waals surface area contributed by atoms with Crippen LogP contribution in [0.3, 0.4) is 0 Å². The van der Waals surface area contributed by atoms with E-state index in [0.29, 0.717) is 0 Å². The number of halogens is 1. The van der Waals surface area contributed by atoms with Gasteiger partial charge in [0.1, 0.15) is 17.5 Å². The third kappa shape index (κ3) is 4.53. The van der Waals surface area contributed by atoms with Crippen molar-refractivity contribution in [1.82, 2.24) is 9.97 Å². The molecule has 0 spiro atoms. The molecule has 0 saturated heterocycles. The fourth-order valence-electron chi connectivity index (χ4n) is 2.19. The molecule has 0 bridgehead atoms. The molecule has 3 aromatic rings. The SMILES string of the molecule is Cc1nc(NCc2ccccc2)cc(Nc2ccc(Br)cc2)n1. The lowest BCUT2D eigenvalue weighted by Gasteiger charge is -2.10. The smallest absolute Gasteiger partial charge is 0.136 e. The zero-order valence-corrected chi connectivity index (χ0v) is 14.3. The summed E-state index contributed by atoms with van der Waals surface area (Å²) in [5.74, 6) is 2.30. The van der Waals surface area contributed by atoms with Gasteiger partial charge in [-0.1, -0.05) is 46.3 Å². The first kappa shape index (κ1) is 15.5. The molecule has 0 atom stereocenters. The maximum absolute atomic E-state index is 4.43. The van der Waals surface area contributed by atoms with Crippen LogP contribution < -0.4 is 10.6 Å². The van der Waals surface area contributed by atoms with Gasteiger partial charge in [0.15, 0.2) is 0 Å². The number of hydrogen-bond donors (Lipinski definition) is 2. The Bertz CT molecular complexity index is 773. The highest BCUT2D eigenvalue weighted by Crippen LogP contribution is 2.20. The van der Waals surface area contributed by atoms with Crippen molar-refractivity contribution in [2.75, 3.05) is 10.6 Å². The van der Waals surface area contributed by atoms with E-state index in [-0.39, 0.29) is 0 Å². The second-order valence-electron chi connectivity index (χ2n) is 5.16. The summed E-state index contributed by atoms with van der Waals surface area (Å²) < 4.78 is 1.05. The van der Waals surface area contributed by atoms with Crippen LogP contribution in [0.4, 0.5) is 17.3 Å². The highest BCUT2D eigenvalue weighted by molar-refractivity contribution is 9.10. The van der Waals surface area contributed by atoms with Crippen molar-refractivity contribution >= 4 is 33.3 Å². The second-order valence-corrected chi connectivity index (χ2v) is 6.07. The van der Waals surface area contributed by atoms with Crippen LogP contribution in [0.1, 0.15) is 11.4 Å². The first-order chi connectivity index (χ1) is 11.2. The van der Waals surface area contributed by atoms with Crippen LogP contribution in [0.15, 0.2) is 65.1 Å². The number of nitrogens with zero attached hydrogens (tertiary/aromatic N) is 2. The summed E-state index contributed by atoms with van der Waals surface area (Å²) >= 11 is 3.43. The Labute approximate surface area is 144 Å². The van der Waals surface area contributed by atoms with Gasteiger partial charge in [-0.05, 0) is 36.8 Å². The summed E-state index contributed by atoms with van der Waals surface area (Å²) in [6.45, 7) is 2.62. The van der Waals surface area contributed by atoms with Gasteiger partial charge in [-0.3, -0.25) is 0 Å². The molecule has 116 valence electrons. The average Bonchev–Trinajstić information content (AvgIpc) is 2.56. The molecule has 0 amide bonds. The van der Waals surface area contributed by atoms with E-state index in [4.69, 9.17) is 0 Å². The summed E-state index contributed by atoms with van der Waals surface area (Å²) in [4.78, 5) is 8.87. The number of benzene rings is 2. The lowest BCUT2D eigenvalue weighted by atomic mass is 10.2. The summed E-state index contributed by atoms with van der Waals surface area (Å²) in [5, 5.41) is 6.64. The molecular formula is C18H17BrN4. The number of hydrogen-bond acceptors (Lipinski definition) is 4. The zero-order valence-electron chi connectivity index (χ0n) is 12.8. The number of nitrogens with one attached hydrogen (secondary N) is 2. The first-order valence-electron chi connectivity index (χ1n) is 7.35. The Kier molecular flexibility index (Phi) is 4.88. The predicted molar refractivity (Wildman–Crippen MR) is 98.0 cm³/mol. The summed E-state index contributed by atoms with van der Waals surface area (Å²) in [5.41, 5.74) is 2.20. The fourth-order valence-corrected chi connectivity index (χ4v) is 2.46. The molecule has 5 heteroatoms. The standard InChI is InChI=1S/C18H17BrN4/c1-13-21-17(20-12-14-5-3-2-4-6-14)11-18(22-13)23-16-9-7-15(19)8-10-16/h2-11H,12H2,1H3,(H2,20,21,22,23). The van der Waals surface area contributed by atoms with Crippen molar-refractivity contribution < 1.29 is 0 Å². The molecular weight excluding hydrogens is 352 g/mol.